The molecule has 0 radical (unpaired) electrons. The Hall–Kier alpha value is -0.860. The summed E-state index contributed by atoms with van der Waals surface area (Å²) >= 11 is 0. The summed E-state index contributed by atoms with van der Waals surface area (Å²) in [6, 6.07) is 8.24. The zero-order valence-electron chi connectivity index (χ0n) is 9.53. The van der Waals surface area contributed by atoms with Gasteiger partial charge in [0.05, 0.1) is 5.60 Å². The number of aliphatic hydroxyl groups is 1. The Bertz CT molecular complexity index is 340. The molecule has 1 aromatic carbocycles. The van der Waals surface area contributed by atoms with E-state index in [9.17, 15) is 5.11 Å². The summed E-state index contributed by atoms with van der Waals surface area (Å²) in [5, 5.41) is 10.6. The fourth-order valence-electron chi connectivity index (χ4n) is 2.21. The fraction of sp³-hybridized carbons (Fsp3) is 0.538. The van der Waals surface area contributed by atoms with Crippen molar-refractivity contribution < 1.29 is 5.11 Å². The molecule has 2 rings (SSSR count). The number of nitrogens with zero attached hydrogens (tertiary/aromatic N) is 1. The molecule has 1 saturated heterocycles. The molecule has 0 atom stereocenters. The average molecular weight is 205 g/mol. The molecule has 1 aliphatic heterocycles. The van der Waals surface area contributed by atoms with Gasteiger partial charge in [0, 0.05) is 13.1 Å². The number of hydrogen-bond donors (Lipinski definition) is 1. The number of hydrogen-bond acceptors (Lipinski definition) is 2. The van der Waals surface area contributed by atoms with Gasteiger partial charge in [-0.15, -0.1) is 0 Å². The Morgan fingerprint density at radius 2 is 1.93 bits per heavy atom. The zero-order chi connectivity index (χ0) is 10.9. The standard InChI is InChI=1S/C13H19NO/c1-11-4-3-5-12(10-11)13(15)6-8-14(2)9-7-13/h3-5,10,15H,6-9H2,1-2H3. The van der Waals surface area contributed by atoms with E-state index in [0.717, 1.165) is 31.5 Å². The van der Waals surface area contributed by atoms with Crippen molar-refractivity contribution in [1.29, 1.82) is 0 Å². The topological polar surface area (TPSA) is 23.5 Å². The van der Waals surface area contributed by atoms with E-state index >= 15 is 0 Å². The molecule has 0 saturated carbocycles. The molecule has 0 amide bonds. The van der Waals surface area contributed by atoms with Gasteiger partial charge in [-0.05, 0) is 32.4 Å². The van der Waals surface area contributed by atoms with Gasteiger partial charge in [-0.3, -0.25) is 0 Å². The summed E-state index contributed by atoms with van der Waals surface area (Å²) in [6.07, 6.45) is 1.68. The second-order valence-electron chi connectivity index (χ2n) is 4.70. The molecule has 0 unspecified atom stereocenters. The van der Waals surface area contributed by atoms with Gasteiger partial charge in [0.15, 0.2) is 0 Å². The normalized spacial score (nSPS) is 21.5. The van der Waals surface area contributed by atoms with Gasteiger partial charge < -0.3 is 10.0 Å². The maximum atomic E-state index is 10.6. The van der Waals surface area contributed by atoms with Crippen molar-refractivity contribution in [2.75, 3.05) is 20.1 Å². The molecular weight excluding hydrogens is 186 g/mol. The van der Waals surface area contributed by atoms with Crippen molar-refractivity contribution in [2.45, 2.75) is 25.4 Å². The quantitative estimate of drug-likeness (QED) is 0.757. The van der Waals surface area contributed by atoms with E-state index in [4.69, 9.17) is 0 Å². The molecule has 15 heavy (non-hydrogen) atoms. The number of likely N-dealkylation sites (tertiary alicyclic amines) is 1. The first-order chi connectivity index (χ1) is 7.10. The van der Waals surface area contributed by atoms with Gasteiger partial charge in [-0.2, -0.15) is 0 Å². The molecule has 0 bridgehead atoms. The summed E-state index contributed by atoms with van der Waals surface area (Å²) in [5.41, 5.74) is 1.70. The Kier molecular flexibility index (Phi) is 2.81. The molecular formula is C13H19NO. The van der Waals surface area contributed by atoms with Gasteiger partial charge in [-0.1, -0.05) is 29.8 Å². The van der Waals surface area contributed by atoms with Crippen LogP contribution in [0.2, 0.25) is 0 Å². The number of benzene rings is 1. The van der Waals surface area contributed by atoms with Crippen LogP contribution in [0.5, 0.6) is 0 Å². The van der Waals surface area contributed by atoms with E-state index in [-0.39, 0.29) is 0 Å². The zero-order valence-corrected chi connectivity index (χ0v) is 9.53. The second kappa shape index (κ2) is 3.95. The lowest BCUT2D eigenvalue weighted by atomic mass is 9.84. The van der Waals surface area contributed by atoms with E-state index in [1.807, 2.05) is 12.1 Å². The summed E-state index contributed by atoms with van der Waals surface area (Å²) in [5.74, 6) is 0. The molecule has 82 valence electrons. The minimum Gasteiger partial charge on any atom is -0.385 e. The number of piperidine rings is 1. The lowest BCUT2D eigenvalue weighted by Gasteiger charge is -2.37. The van der Waals surface area contributed by atoms with Gasteiger partial charge >= 0.3 is 0 Å². The van der Waals surface area contributed by atoms with Crippen LogP contribution >= 0.6 is 0 Å². The summed E-state index contributed by atoms with van der Waals surface area (Å²) < 4.78 is 0. The Labute approximate surface area is 91.5 Å². The lowest BCUT2D eigenvalue weighted by molar-refractivity contribution is -0.0203. The van der Waals surface area contributed by atoms with Crippen molar-refractivity contribution in [3.63, 3.8) is 0 Å². The van der Waals surface area contributed by atoms with Crippen LogP contribution < -0.4 is 0 Å². The van der Waals surface area contributed by atoms with Crippen molar-refractivity contribution in [3.8, 4) is 0 Å². The Morgan fingerprint density at radius 3 is 2.53 bits per heavy atom. The van der Waals surface area contributed by atoms with Crippen LogP contribution in [0.15, 0.2) is 24.3 Å². The van der Waals surface area contributed by atoms with Crippen molar-refractivity contribution >= 4 is 0 Å². The first kappa shape index (κ1) is 10.7. The first-order valence-electron chi connectivity index (χ1n) is 5.58. The highest BCUT2D eigenvalue weighted by atomic mass is 16.3. The van der Waals surface area contributed by atoms with Crippen molar-refractivity contribution in [1.82, 2.24) is 4.90 Å². The Morgan fingerprint density at radius 1 is 1.27 bits per heavy atom. The van der Waals surface area contributed by atoms with Crippen LogP contribution in [-0.4, -0.2) is 30.1 Å². The van der Waals surface area contributed by atoms with Crippen molar-refractivity contribution in [2.24, 2.45) is 0 Å². The van der Waals surface area contributed by atoms with E-state index in [0.29, 0.717) is 0 Å². The fourth-order valence-corrected chi connectivity index (χ4v) is 2.21. The third-order valence-corrected chi connectivity index (χ3v) is 3.37. The lowest BCUT2D eigenvalue weighted by Crippen LogP contribution is -2.40. The van der Waals surface area contributed by atoms with Crippen LogP contribution in [0.1, 0.15) is 24.0 Å². The molecule has 1 N–H and O–H groups in total. The van der Waals surface area contributed by atoms with E-state index in [1.165, 1.54) is 5.56 Å². The molecule has 1 heterocycles. The van der Waals surface area contributed by atoms with Crippen LogP contribution in [0.3, 0.4) is 0 Å². The molecule has 2 heteroatoms. The minimum atomic E-state index is -0.599. The molecule has 1 aromatic rings. The largest absolute Gasteiger partial charge is 0.385 e. The van der Waals surface area contributed by atoms with Crippen molar-refractivity contribution in [3.05, 3.63) is 35.4 Å². The highest BCUT2D eigenvalue weighted by Crippen LogP contribution is 2.32. The third-order valence-electron chi connectivity index (χ3n) is 3.37. The molecule has 1 aliphatic rings. The molecule has 0 spiro atoms. The second-order valence-corrected chi connectivity index (χ2v) is 4.70. The van der Waals surface area contributed by atoms with Gasteiger partial charge in [-0.25, -0.2) is 0 Å². The minimum absolute atomic E-state index is 0.599. The Balaban J connectivity index is 2.22. The van der Waals surface area contributed by atoms with E-state index in [2.05, 4.69) is 31.0 Å². The molecule has 0 aromatic heterocycles. The first-order valence-corrected chi connectivity index (χ1v) is 5.58. The third kappa shape index (κ3) is 2.21. The highest BCUT2D eigenvalue weighted by Gasteiger charge is 2.32. The molecule has 1 fully saturated rings. The van der Waals surface area contributed by atoms with Gasteiger partial charge in [0.2, 0.25) is 0 Å². The maximum Gasteiger partial charge on any atom is 0.0921 e. The van der Waals surface area contributed by atoms with Gasteiger partial charge in [0.1, 0.15) is 0 Å². The predicted molar refractivity (Wildman–Crippen MR) is 61.8 cm³/mol. The highest BCUT2D eigenvalue weighted by molar-refractivity contribution is 5.28. The van der Waals surface area contributed by atoms with Crippen LogP contribution in [0, 0.1) is 6.92 Å². The predicted octanol–water partition coefficient (Wildman–Crippen LogP) is 1.91. The monoisotopic (exact) mass is 205 g/mol. The number of aryl methyl sites for hydroxylation is 1. The summed E-state index contributed by atoms with van der Waals surface area (Å²) in [7, 11) is 2.11. The van der Waals surface area contributed by atoms with Crippen LogP contribution in [-0.2, 0) is 5.60 Å². The molecule has 0 aliphatic carbocycles. The van der Waals surface area contributed by atoms with E-state index in [1.54, 1.807) is 0 Å². The van der Waals surface area contributed by atoms with Crippen LogP contribution in [0.25, 0.3) is 0 Å². The smallest absolute Gasteiger partial charge is 0.0921 e. The molecule has 2 nitrogen and oxygen atoms in total. The summed E-state index contributed by atoms with van der Waals surface area (Å²) in [6.45, 7) is 4.02. The maximum absolute atomic E-state index is 10.6. The van der Waals surface area contributed by atoms with Gasteiger partial charge in [0.25, 0.3) is 0 Å². The number of rotatable bonds is 1. The summed E-state index contributed by atoms with van der Waals surface area (Å²) in [4.78, 5) is 2.27. The SMILES string of the molecule is Cc1cccc(C2(O)CCN(C)CC2)c1. The van der Waals surface area contributed by atoms with Crippen LogP contribution in [0.4, 0.5) is 0 Å². The average Bonchev–Trinajstić information content (AvgIpc) is 2.23. The van der Waals surface area contributed by atoms with E-state index < -0.39 is 5.60 Å².